The van der Waals surface area contributed by atoms with E-state index in [1.165, 1.54) is 0 Å². The van der Waals surface area contributed by atoms with Crippen LogP contribution < -0.4 is 25.8 Å². The van der Waals surface area contributed by atoms with Gasteiger partial charge >= 0.3 is 5.97 Å². The molecule has 4 rings (SSSR count). The topological polar surface area (TPSA) is 165 Å². The highest BCUT2D eigenvalue weighted by Gasteiger charge is 2.19. The minimum atomic E-state index is -1.13. The molecule has 0 aliphatic carbocycles. The van der Waals surface area contributed by atoms with E-state index in [4.69, 9.17) is 32.2 Å². The van der Waals surface area contributed by atoms with Gasteiger partial charge in [0, 0.05) is 52.9 Å². The summed E-state index contributed by atoms with van der Waals surface area (Å²) in [5, 5.41) is 27.5. The first kappa shape index (κ1) is 29.0. The molecule has 1 aromatic heterocycles. The lowest BCUT2D eigenvalue weighted by molar-refractivity contribution is -0.139. The summed E-state index contributed by atoms with van der Waals surface area (Å²) in [6, 6.07) is 15.1. The molecule has 0 atom stereocenters. The number of aromatic nitrogens is 2. The number of nitrogens with one attached hydrogen (secondary N) is 3. The summed E-state index contributed by atoms with van der Waals surface area (Å²) in [4.78, 5) is 24.6. The summed E-state index contributed by atoms with van der Waals surface area (Å²) >= 11 is 6.23. The Labute approximate surface area is 241 Å². The molecule has 41 heavy (non-hydrogen) atoms. The summed E-state index contributed by atoms with van der Waals surface area (Å²) in [6.07, 6.45) is 3.56. The summed E-state index contributed by atoms with van der Waals surface area (Å²) in [7, 11) is 1.81. The molecule has 4 aromatic rings. The lowest BCUT2D eigenvalue weighted by Crippen LogP contribution is -2.16. The Kier molecular flexibility index (Phi) is 9.10. The minimum absolute atomic E-state index is 0.0731. The van der Waals surface area contributed by atoms with Crippen LogP contribution in [-0.4, -0.2) is 45.8 Å². The first-order valence-corrected chi connectivity index (χ1v) is 12.9. The third kappa shape index (κ3) is 7.34. The van der Waals surface area contributed by atoms with E-state index in [-0.39, 0.29) is 23.7 Å². The molecule has 0 spiro atoms. The molecule has 1 amide bonds. The van der Waals surface area contributed by atoms with Gasteiger partial charge in [0.05, 0.1) is 18.4 Å². The fourth-order valence-electron chi connectivity index (χ4n) is 4.07. The molecule has 0 saturated carbocycles. The van der Waals surface area contributed by atoms with Gasteiger partial charge in [0.15, 0.2) is 18.1 Å². The van der Waals surface area contributed by atoms with Crippen LogP contribution in [0.4, 0.5) is 11.4 Å². The monoisotopic (exact) mass is 576 g/mol. The summed E-state index contributed by atoms with van der Waals surface area (Å²) in [6.45, 7) is 1.76. The van der Waals surface area contributed by atoms with Crippen molar-refractivity contribution in [3.05, 3.63) is 88.7 Å². The average molecular weight is 577 g/mol. The molecule has 1 heterocycles. The first-order valence-electron chi connectivity index (χ1n) is 12.6. The number of aryl methyl sites for hydroxylation is 1. The van der Waals surface area contributed by atoms with E-state index in [1.807, 2.05) is 26.2 Å². The molecule has 0 saturated heterocycles. The first-order chi connectivity index (χ1) is 19.6. The van der Waals surface area contributed by atoms with E-state index in [9.17, 15) is 14.7 Å². The number of nitrogen functional groups attached to an aromatic ring is 1. The molecule has 0 radical (unpaired) electrons. The number of hydrogen-bond acceptors (Lipinski definition) is 7. The zero-order valence-corrected chi connectivity index (χ0v) is 23.2. The molecule has 0 aliphatic heterocycles. The molecule has 0 unspecified atom stereocenters. The number of ether oxygens (including phenoxy) is 2. The molecule has 212 valence electrons. The van der Waals surface area contributed by atoms with Crippen molar-refractivity contribution >= 4 is 40.7 Å². The predicted octanol–water partition coefficient (Wildman–Crippen LogP) is 4.75. The van der Waals surface area contributed by atoms with Crippen LogP contribution in [0.5, 0.6) is 11.5 Å². The normalized spacial score (nSPS) is 10.6. The van der Waals surface area contributed by atoms with E-state index in [0.29, 0.717) is 39.9 Å². The van der Waals surface area contributed by atoms with Crippen LogP contribution >= 0.6 is 11.6 Å². The smallest absolute Gasteiger partial charge is 0.341 e. The Balaban J connectivity index is 1.65. The van der Waals surface area contributed by atoms with Gasteiger partial charge in [-0.05, 0) is 67.1 Å². The zero-order chi connectivity index (χ0) is 29.5. The number of rotatable bonds is 12. The number of carbonyl (C=O) groups is 2. The Hall–Kier alpha value is -5.03. The highest BCUT2D eigenvalue weighted by Crippen LogP contribution is 2.37. The summed E-state index contributed by atoms with van der Waals surface area (Å²) < 4.78 is 13.2. The van der Waals surface area contributed by atoms with Crippen LogP contribution in [0.25, 0.3) is 11.1 Å². The van der Waals surface area contributed by atoms with Crippen molar-refractivity contribution in [2.75, 3.05) is 23.8 Å². The van der Waals surface area contributed by atoms with Gasteiger partial charge in [0.1, 0.15) is 5.84 Å². The number of amidine groups is 1. The molecule has 12 heteroatoms. The van der Waals surface area contributed by atoms with E-state index in [1.54, 1.807) is 59.4 Å². The van der Waals surface area contributed by atoms with Crippen LogP contribution in [0.1, 0.15) is 28.4 Å². The van der Waals surface area contributed by atoms with Crippen LogP contribution in [0.2, 0.25) is 5.02 Å². The van der Waals surface area contributed by atoms with Crippen LogP contribution in [0, 0.1) is 5.41 Å². The Bertz CT molecular complexity index is 1590. The molecular weight excluding hydrogens is 548 g/mol. The van der Waals surface area contributed by atoms with Gasteiger partial charge in [-0.2, -0.15) is 5.10 Å². The van der Waals surface area contributed by atoms with Crippen LogP contribution in [0.3, 0.4) is 0 Å². The number of aliphatic carboxylic acids is 1. The lowest BCUT2D eigenvalue weighted by Gasteiger charge is -2.19. The number of carbonyl (C=O) groups excluding carboxylic acids is 1. The molecule has 6 N–H and O–H groups in total. The number of amides is 1. The van der Waals surface area contributed by atoms with Gasteiger partial charge < -0.3 is 30.9 Å². The van der Waals surface area contributed by atoms with Crippen molar-refractivity contribution in [3.63, 3.8) is 0 Å². The zero-order valence-electron chi connectivity index (χ0n) is 22.4. The largest absolute Gasteiger partial charge is 0.490 e. The van der Waals surface area contributed by atoms with E-state index in [2.05, 4.69) is 15.7 Å². The number of halogens is 1. The number of nitrogens with two attached hydrogens (primary N) is 1. The van der Waals surface area contributed by atoms with Crippen LogP contribution in [-0.2, 0) is 18.4 Å². The third-order valence-electron chi connectivity index (χ3n) is 5.96. The van der Waals surface area contributed by atoms with Crippen molar-refractivity contribution in [1.29, 1.82) is 5.41 Å². The number of anilines is 2. The van der Waals surface area contributed by atoms with Gasteiger partial charge in [-0.1, -0.05) is 11.6 Å². The van der Waals surface area contributed by atoms with Crippen molar-refractivity contribution < 1.29 is 24.2 Å². The lowest BCUT2D eigenvalue weighted by atomic mass is 10.0. The predicted molar refractivity (Wildman–Crippen MR) is 157 cm³/mol. The Morgan fingerprint density at radius 3 is 2.49 bits per heavy atom. The summed E-state index contributed by atoms with van der Waals surface area (Å²) in [5.74, 6) is -0.950. The number of carboxylic acid groups (broad SMARTS) is 1. The molecule has 0 bridgehead atoms. The fourth-order valence-corrected chi connectivity index (χ4v) is 4.24. The maximum atomic E-state index is 13.2. The minimum Gasteiger partial charge on any atom is -0.490 e. The molecular formula is C29H29ClN6O5. The van der Waals surface area contributed by atoms with Gasteiger partial charge in [-0.25, -0.2) is 4.79 Å². The SMILES string of the molecule is CCOc1cc(-c2cnn(C)c2)cc(CNc2ccc(Cl)cc2C(=O)Nc2ccc(C(=N)N)cc2)c1OCC(=O)O. The second-order valence-electron chi connectivity index (χ2n) is 8.97. The second kappa shape index (κ2) is 12.9. The van der Waals surface area contributed by atoms with Gasteiger partial charge in [-0.3, -0.25) is 14.9 Å². The number of hydrogen-bond donors (Lipinski definition) is 5. The number of benzene rings is 3. The maximum Gasteiger partial charge on any atom is 0.341 e. The number of carboxylic acids is 1. The molecule has 3 aromatic carbocycles. The van der Waals surface area contributed by atoms with E-state index in [0.717, 1.165) is 11.1 Å². The molecule has 0 aliphatic rings. The third-order valence-corrected chi connectivity index (χ3v) is 6.19. The summed E-state index contributed by atoms with van der Waals surface area (Å²) in [5.41, 5.74) is 9.57. The number of nitrogens with zero attached hydrogens (tertiary/aromatic N) is 2. The van der Waals surface area contributed by atoms with Gasteiger partial charge in [0.25, 0.3) is 5.91 Å². The highest BCUT2D eigenvalue weighted by atomic mass is 35.5. The Morgan fingerprint density at radius 1 is 1.10 bits per heavy atom. The van der Waals surface area contributed by atoms with Crippen LogP contribution in [0.15, 0.2) is 67.0 Å². The van der Waals surface area contributed by atoms with Crippen molar-refractivity contribution in [1.82, 2.24) is 9.78 Å². The standard InChI is InChI=1S/C29H29ClN6O5/c1-3-40-25-11-18(20-14-34-36(2)15-20)10-19(27(25)41-16-26(37)38)13-33-24-9-6-21(30)12-23(24)29(39)35-22-7-4-17(5-8-22)28(31)32/h4-12,14-15,33H,3,13,16H2,1-2H3,(H3,31,32)(H,35,39)(H,37,38). The fraction of sp³-hybridized carbons (Fsp3) is 0.172. The van der Waals surface area contributed by atoms with Crippen molar-refractivity contribution in [2.45, 2.75) is 13.5 Å². The molecule has 0 fully saturated rings. The van der Waals surface area contributed by atoms with Gasteiger partial charge in [-0.15, -0.1) is 0 Å². The Morgan fingerprint density at radius 2 is 1.85 bits per heavy atom. The van der Waals surface area contributed by atoms with E-state index < -0.39 is 18.5 Å². The second-order valence-corrected chi connectivity index (χ2v) is 9.41. The quantitative estimate of drug-likeness (QED) is 0.119. The van der Waals surface area contributed by atoms with Crippen molar-refractivity contribution in [2.24, 2.45) is 12.8 Å². The van der Waals surface area contributed by atoms with E-state index >= 15 is 0 Å². The average Bonchev–Trinajstić information content (AvgIpc) is 3.38. The van der Waals surface area contributed by atoms with Gasteiger partial charge in [0.2, 0.25) is 0 Å². The highest BCUT2D eigenvalue weighted by molar-refractivity contribution is 6.31. The van der Waals surface area contributed by atoms with Crippen molar-refractivity contribution in [3.8, 4) is 22.6 Å². The molecule has 11 nitrogen and oxygen atoms in total. The maximum absolute atomic E-state index is 13.2.